The van der Waals surface area contributed by atoms with Crippen molar-refractivity contribution in [3.63, 3.8) is 0 Å². The molecule has 1 saturated heterocycles. The molecular formula is C15H26N2O11P2. The van der Waals surface area contributed by atoms with Crippen LogP contribution in [-0.2, 0) is 32.4 Å². The third-order valence-corrected chi connectivity index (χ3v) is 6.10. The number of methoxy groups -OCH3 is 1. The molecule has 1 fully saturated rings. The van der Waals surface area contributed by atoms with Gasteiger partial charge in [-0.2, -0.15) is 0 Å². The van der Waals surface area contributed by atoms with Crippen LogP contribution in [0.5, 0.6) is 0 Å². The summed E-state index contributed by atoms with van der Waals surface area (Å²) < 4.78 is 51.4. The smallest absolute Gasteiger partial charge is 0.330 e. The van der Waals surface area contributed by atoms with E-state index in [0.717, 1.165) is 17.3 Å². The summed E-state index contributed by atoms with van der Waals surface area (Å²) >= 11 is 0. The highest BCUT2D eigenvalue weighted by Crippen LogP contribution is 2.47. The highest BCUT2D eigenvalue weighted by molar-refractivity contribution is 7.52. The second-order valence-corrected chi connectivity index (χ2v) is 10.3. The molecule has 3 N–H and O–H groups in total. The molecular weight excluding hydrogens is 446 g/mol. The fourth-order valence-electron chi connectivity index (χ4n) is 2.88. The van der Waals surface area contributed by atoms with Gasteiger partial charge in [-0.1, -0.05) is 0 Å². The van der Waals surface area contributed by atoms with Crippen molar-refractivity contribution < 1.29 is 42.2 Å². The molecule has 3 unspecified atom stereocenters. The van der Waals surface area contributed by atoms with Gasteiger partial charge in [0.1, 0.15) is 18.3 Å². The van der Waals surface area contributed by atoms with Crippen molar-refractivity contribution in [2.45, 2.75) is 31.5 Å². The molecule has 1 aliphatic rings. The molecule has 2 heterocycles. The fourth-order valence-corrected chi connectivity index (χ4v) is 4.45. The molecule has 6 atom stereocenters. The van der Waals surface area contributed by atoms with Crippen molar-refractivity contribution in [3.05, 3.63) is 33.1 Å². The van der Waals surface area contributed by atoms with E-state index in [1.54, 1.807) is 6.92 Å². The molecule has 2 rings (SSSR count). The Hall–Kier alpha value is -1.14. The van der Waals surface area contributed by atoms with Gasteiger partial charge in [-0.05, 0) is 6.92 Å². The topological polar surface area (TPSA) is 176 Å². The lowest BCUT2D eigenvalue weighted by Gasteiger charge is -2.24. The lowest BCUT2D eigenvalue weighted by atomic mass is 10.1. The maximum atomic E-state index is 12.2. The van der Waals surface area contributed by atoms with Crippen LogP contribution in [0.25, 0.3) is 0 Å². The minimum atomic E-state index is -4.04. The first kappa shape index (κ1) is 25.1. The van der Waals surface area contributed by atoms with Crippen LogP contribution in [0.4, 0.5) is 0 Å². The van der Waals surface area contributed by atoms with E-state index >= 15 is 0 Å². The van der Waals surface area contributed by atoms with E-state index in [9.17, 15) is 28.5 Å². The number of rotatable bonds is 11. The Bertz CT molecular complexity index is 910. The lowest BCUT2D eigenvalue weighted by molar-refractivity contribution is -0.0609. The summed E-state index contributed by atoms with van der Waals surface area (Å²) in [6, 6.07) is 1.09. The van der Waals surface area contributed by atoms with Crippen LogP contribution in [0.3, 0.4) is 0 Å². The summed E-state index contributed by atoms with van der Waals surface area (Å²) in [7, 11) is -6.80. The minimum absolute atomic E-state index is 0.00657. The maximum Gasteiger partial charge on any atom is 0.330 e. The molecule has 0 spiro atoms. The van der Waals surface area contributed by atoms with E-state index in [0.29, 0.717) is 6.61 Å². The number of hydrogen-bond acceptors (Lipinski definition) is 9. The summed E-state index contributed by atoms with van der Waals surface area (Å²) in [5.41, 5.74) is -1.43. The van der Waals surface area contributed by atoms with Gasteiger partial charge in [0.2, 0.25) is 0 Å². The summed E-state index contributed by atoms with van der Waals surface area (Å²) in [4.78, 5) is 45.1. The first-order valence-electron chi connectivity index (χ1n) is 9.00. The molecule has 1 aliphatic heterocycles. The Labute approximate surface area is 171 Å². The third kappa shape index (κ3) is 6.94. The number of H-pyrrole nitrogens is 1. The molecule has 1 aromatic heterocycles. The van der Waals surface area contributed by atoms with E-state index in [-0.39, 0.29) is 12.8 Å². The van der Waals surface area contributed by atoms with E-state index in [1.165, 1.54) is 13.3 Å². The molecule has 0 radical (unpaired) electrons. The van der Waals surface area contributed by atoms with Crippen molar-refractivity contribution in [1.82, 2.24) is 9.55 Å². The number of nitrogens with zero attached hydrogens (tertiary/aromatic N) is 1. The molecule has 0 bridgehead atoms. The number of aromatic amines is 1. The van der Waals surface area contributed by atoms with Crippen molar-refractivity contribution in [1.29, 1.82) is 0 Å². The Balaban J connectivity index is 2.25. The molecule has 15 heteroatoms. The molecule has 30 heavy (non-hydrogen) atoms. The average molecular weight is 472 g/mol. The SMILES string of the molecule is CCOCCP(=O)(O)OC[C@H]1O[C@@H](n2ccc(=O)[nH]c2=O)C(OC)[C@H]1OP(C)(=O)O. The predicted octanol–water partition coefficient (Wildman–Crippen LogP) is -0.112. The monoisotopic (exact) mass is 472 g/mol. The second kappa shape index (κ2) is 10.4. The van der Waals surface area contributed by atoms with Crippen molar-refractivity contribution in [2.75, 3.05) is 39.8 Å². The van der Waals surface area contributed by atoms with Crippen LogP contribution in [-0.4, -0.2) is 77.4 Å². The van der Waals surface area contributed by atoms with Gasteiger partial charge in [-0.15, -0.1) is 0 Å². The quantitative estimate of drug-likeness (QED) is 0.289. The maximum absolute atomic E-state index is 12.2. The highest BCUT2D eigenvalue weighted by atomic mass is 31.2. The molecule has 0 saturated carbocycles. The number of ether oxygens (including phenoxy) is 3. The van der Waals surface area contributed by atoms with E-state index in [1.807, 2.05) is 0 Å². The molecule has 0 amide bonds. The van der Waals surface area contributed by atoms with Crippen LogP contribution in [0.15, 0.2) is 21.9 Å². The molecule has 13 nitrogen and oxygen atoms in total. The molecule has 0 aliphatic carbocycles. The lowest BCUT2D eigenvalue weighted by Crippen LogP contribution is -2.39. The van der Waals surface area contributed by atoms with Gasteiger partial charge in [0.15, 0.2) is 6.23 Å². The zero-order valence-corrected chi connectivity index (χ0v) is 18.5. The van der Waals surface area contributed by atoms with E-state index < -0.39 is 57.6 Å². The largest absolute Gasteiger partial charge is 0.381 e. The van der Waals surface area contributed by atoms with E-state index in [4.69, 9.17) is 23.3 Å². The van der Waals surface area contributed by atoms with Gasteiger partial charge < -0.3 is 28.5 Å². The van der Waals surface area contributed by atoms with Gasteiger partial charge in [-0.25, -0.2) is 4.79 Å². The normalized spacial score (nSPS) is 28.2. The standard InChI is InChI=1S/C15H26N2O11P2/c1-4-25-7-8-30(22,23)26-9-10-12(28-29(3,20)21)13(24-2)14(27-10)17-6-5-11(18)16-15(17)19/h5-6,10,12-14H,4,7-9H2,1-3H3,(H,20,21)(H,22,23)(H,16,18,19)/t10-,12+,13?,14-/m1/s1. The summed E-state index contributed by atoms with van der Waals surface area (Å²) in [6.45, 7) is 2.58. The third-order valence-electron chi connectivity index (χ3n) is 4.16. The highest BCUT2D eigenvalue weighted by Gasteiger charge is 2.49. The van der Waals surface area contributed by atoms with Gasteiger partial charge in [-0.3, -0.25) is 28.0 Å². The fraction of sp³-hybridized carbons (Fsp3) is 0.733. The Kier molecular flexibility index (Phi) is 8.75. The second-order valence-electron chi connectivity index (χ2n) is 6.51. The van der Waals surface area contributed by atoms with Gasteiger partial charge in [0.25, 0.3) is 5.56 Å². The Morgan fingerprint density at radius 1 is 1.27 bits per heavy atom. The molecule has 1 aromatic rings. The first-order valence-corrected chi connectivity index (χ1v) is 12.8. The zero-order chi connectivity index (χ0) is 22.5. The van der Waals surface area contributed by atoms with Crippen molar-refractivity contribution in [3.8, 4) is 0 Å². The van der Waals surface area contributed by atoms with E-state index in [2.05, 4.69) is 4.98 Å². The average Bonchev–Trinajstić information content (AvgIpc) is 2.95. The van der Waals surface area contributed by atoms with Crippen LogP contribution < -0.4 is 11.2 Å². The summed E-state index contributed by atoms with van der Waals surface area (Å²) in [5, 5.41) is 0. The van der Waals surface area contributed by atoms with Crippen molar-refractivity contribution >= 4 is 15.2 Å². The van der Waals surface area contributed by atoms with Crippen LogP contribution in [0.1, 0.15) is 13.2 Å². The van der Waals surface area contributed by atoms with Gasteiger partial charge in [0.05, 0.1) is 19.4 Å². The Morgan fingerprint density at radius 2 is 1.97 bits per heavy atom. The van der Waals surface area contributed by atoms with Gasteiger partial charge in [0, 0.05) is 32.6 Å². The van der Waals surface area contributed by atoms with Crippen molar-refractivity contribution in [2.24, 2.45) is 0 Å². The van der Waals surface area contributed by atoms with Crippen LogP contribution in [0.2, 0.25) is 0 Å². The van der Waals surface area contributed by atoms with Crippen LogP contribution in [0, 0.1) is 0 Å². The molecule has 172 valence electrons. The first-order chi connectivity index (χ1) is 14.0. The van der Waals surface area contributed by atoms with Gasteiger partial charge >= 0.3 is 20.9 Å². The number of nitrogens with one attached hydrogen (secondary N) is 1. The Morgan fingerprint density at radius 3 is 2.53 bits per heavy atom. The summed E-state index contributed by atoms with van der Waals surface area (Å²) in [6.07, 6.45) is -3.67. The molecule has 0 aromatic carbocycles. The minimum Gasteiger partial charge on any atom is -0.381 e. The van der Waals surface area contributed by atoms with Crippen LogP contribution >= 0.6 is 15.2 Å². The number of hydrogen-bond donors (Lipinski definition) is 3. The zero-order valence-electron chi connectivity index (χ0n) is 16.7. The number of aromatic nitrogens is 2. The predicted molar refractivity (Wildman–Crippen MR) is 104 cm³/mol. The summed E-state index contributed by atoms with van der Waals surface area (Å²) in [5.74, 6) is 0.